The summed E-state index contributed by atoms with van der Waals surface area (Å²) in [6, 6.07) is 6.31. The average Bonchev–Trinajstić information content (AvgIpc) is 2.57. The molecule has 2 aromatic rings. The smallest absolute Gasteiger partial charge is 0.324 e. The number of hydrogen-bond acceptors (Lipinski definition) is 3. The van der Waals surface area contributed by atoms with Crippen LogP contribution in [0.15, 0.2) is 27.8 Å². The maximum absolute atomic E-state index is 12.5. The van der Waals surface area contributed by atoms with Crippen molar-refractivity contribution in [2.45, 2.75) is 46.7 Å². The molecule has 0 aliphatic carbocycles. The van der Waals surface area contributed by atoms with Gasteiger partial charge in [-0.15, -0.1) is 0 Å². The Bertz CT molecular complexity index is 882. The summed E-state index contributed by atoms with van der Waals surface area (Å²) in [6.07, 6.45) is 1.04. The van der Waals surface area contributed by atoms with E-state index in [0.29, 0.717) is 30.6 Å². The summed E-state index contributed by atoms with van der Waals surface area (Å²) in [5.41, 5.74) is 2.93. The molecule has 1 aromatic carbocycles. The molecule has 1 aromatic heterocycles. The van der Waals surface area contributed by atoms with Crippen molar-refractivity contribution in [3.63, 3.8) is 0 Å². The molecule has 6 heteroatoms. The zero-order valence-electron chi connectivity index (χ0n) is 14.7. The monoisotopic (exact) mass is 329 g/mol. The first-order valence-corrected chi connectivity index (χ1v) is 8.47. The fourth-order valence-corrected chi connectivity index (χ4v) is 3.25. The molecule has 24 heavy (non-hydrogen) atoms. The number of aryl methyl sites for hydroxylation is 1. The molecule has 0 bridgehead atoms. The SMILES string of the molecule is CC[C@@H](C)[NH+]1CNc2c(c(=O)[nH]c(=O)n2-c2cccc(C)c2C)C1. The highest BCUT2D eigenvalue weighted by Gasteiger charge is 2.28. The van der Waals surface area contributed by atoms with Crippen LogP contribution < -0.4 is 21.5 Å². The van der Waals surface area contributed by atoms with Crippen LogP contribution >= 0.6 is 0 Å². The van der Waals surface area contributed by atoms with Gasteiger partial charge in [-0.05, 0) is 44.4 Å². The Hall–Kier alpha value is -2.34. The summed E-state index contributed by atoms with van der Waals surface area (Å²) in [5.74, 6) is 0.629. The number of H-pyrrole nitrogens is 1. The van der Waals surface area contributed by atoms with E-state index in [0.717, 1.165) is 23.2 Å². The fourth-order valence-electron chi connectivity index (χ4n) is 3.25. The van der Waals surface area contributed by atoms with Crippen LogP contribution in [-0.4, -0.2) is 22.3 Å². The van der Waals surface area contributed by atoms with Gasteiger partial charge < -0.3 is 10.2 Å². The van der Waals surface area contributed by atoms with Gasteiger partial charge in [-0.2, -0.15) is 0 Å². The first-order chi connectivity index (χ1) is 11.4. The lowest BCUT2D eigenvalue weighted by molar-refractivity contribution is -0.935. The van der Waals surface area contributed by atoms with E-state index in [-0.39, 0.29) is 5.56 Å². The van der Waals surface area contributed by atoms with Gasteiger partial charge in [0.25, 0.3) is 5.56 Å². The molecule has 0 amide bonds. The van der Waals surface area contributed by atoms with E-state index in [9.17, 15) is 9.59 Å². The normalized spacial score (nSPS) is 17.9. The molecule has 0 saturated carbocycles. The molecule has 2 heterocycles. The van der Waals surface area contributed by atoms with Gasteiger partial charge in [0.1, 0.15) is 17.9 Å². The number of anilines is 1. The average molecular weight is 329 g/mol. The number of rotatable bonds is 3. The Morgan fingerprint density at radius 2 is 2.04 bits per heavy atom. The van der Waals surface area contributed by atoms with E-state index in [2.05, 4.69) is 24.1 Å². The Morgan fingerprint density at radius 1 is 1.29 bits per heavy atom. The van der Waals surface area contributed by atoms with Crippen LogP contribution in [0.2, 0.25) is 0 Å². The first kappa shape index (κ1) is 16.5. The van der Waals surface area contributed by atoms with Gasteiger partial charge in [0, 0.05) is 0 Å². The largest absolute Gasteiger partial charge is 0.334 e. The third kappa shape index (κ3) is 2.67. The van der Waals surface area contributed by atoms with Crippen molar-refractivity contribution in [3.8, 4) is 5.69 Å². The van der Waals surface area contributed by atoms with Gasteiger partial charge in [0.05, 0.1) is 11.7 Å². The van der Waals surface area contributed by atoms with Gasteiger partial charge in [0.2, 0.25) is 0 Å². The number of benzene rings is 1. The van der Waals surface area contributed by atoms with Crippen molar-refractivity contribution in [2.24, 2.45) is 0 Å². The first-order valence-electron chi connectivity index (χ1n) is 8.47. The van der Waals surface area contributed by atoms with E-state index >= 15 is 0 Å². The summed E-state index contributed by atoms with van der Waals surface area (Å²) in [5, 5.41) is 3.33. The van der Waals surface area contributed by atoms with Crippen LogP contribution in [0.3, 0.4) is 0 Å². The van der Waals surface area contributed by atoms with Gasteiger partial charge in [-0.3, -0.25) is 9.78 Å². The summed E-state index contributed by atoms with van der Waals surface area (Å²) in [7, 11) is 0. The van der Waals surface area contributed by atoms with Gasteiger partial charge >= 0.3 is 5.69 Å². The van der Waals surface area contributed by atoms with Crippen LogP contribution in [0.4, 0.5) is 5.82 Å². The van der Waals surface area contributed by atoms with Gasteiger partial charge in [0.15, 0.2) is 6.67 Å². The Balaban J connectivity index is 2.19. The minimum Gasteiger partial charge on any atom is -0.324 e. The van der Waals surface area contributed by atoms with E-state index in [1.54, 1.807) is 4.57 Å². The van der Waals surface area contributed by atoms with Crippen LogP contribution in [-0.2, 0) is 6.54 Å². The summed E-state index contributed by atoms with van der Waals surface area (Å²) < 4.78 is 1.60. The molecule has 6 nitrogen and oxygen atoms in total. The summed E-state index contributed by atoms with van der Waals surface area (Å²) >= 11 is 0. The minimum absolute atomic E-state index is 0.287. The van der Waals surface area contributed by atoms with Crippen molar-refractivity contribution >= 4 is 5.82 Å². The van der Waals surface area contributed by atoms with E-state index in [4.69, 9.17) is 0 Å². The maximum atomic E-state index is 12.5. The Morgan fingerprint density at radius 3 is 2.75 bits per heavy atom. The highest BCUT2D eigenvalue weighted by molar-refractivity contribution is 5.54. The number of nitrogens with one attached hydrogen (secondary N) is 3. The summed E-state index contributed by atoms with van der Waals surface area (Å²) in [6.45, 7) is 9.66. The molecular formula is C18H25N4O2+. The third-order valence-corrected chi connectivity index (χ3v) is 5.22. The second kappa shape index (κ2) is 6.28. The minimum atomic E-state index is -0.396. The molecule has 3 N–H and O–H groups in total. The lowest BCUT2D eigenvalue weighted by Gasteiger charge is -2.31. The van der Waals surface area contributed by atoms with Crippen molar-refractivity contribution in [3.05, 3.63) is 55.7 Å². The molecule has 0 saturated heterocycles. The maximum Gasteiger partial charge on any atom is 0.334 e. The molecule has 3 rings (SSSR count). The molecule has 1 unspecified atom stereocenters. The quantitative estimate of drug-likeness (QED) is 0.777. The predicted octanol–water partition coefficient (Wildman–Crippen LogP) is 0.709. The topological polar surface area (TPSA) is 71.3 Å². The van der Waals surface area contributed by atoms with Crippen LogP contribution in [0.1, 0.15) is 37.0 Å². The molecule has 2 atom stereocenters. The van der Waals surface area contributed by atoms with Crippen molar-refractivity contribution in [1.29, 1.82) is 0 Å². The lowest BCUT2D eigenvalue weighted by atomic mass is 10.1. The number of hydrogen-bond donors (Lipinski definition) is 3. The van der Waals surface area contributed by atoms with E-state index in [1.807, 2.05) is 32.0 Å². The number of nitrogens with zero attached hydrogens (tertiary/aromatic N) is 1. The highest BCUT2D eigenvalue weighted by atomic mass is 16.2. The van der Waals surface area contributed by atoms with Gasteiger partial charge in [-0.1, -0.05) is 19.1 Å². The molecule has 0 spiro atoms. The summed E-state index contributed by atoms with van der Waals surface area (Å²) in [4.78, 5) is 28.7. The van der Waals surface area contributed by atoms with Crippen molar-refractivity contribution < 1.29 is 4.90 Å². The Labute approximate surface area is 141 Å². The zero-order chi connectivity index (χ0) is 17.4. The van der Waals surface area contributed by atoms with E-state index in [1.165, 1.54) is 4.90 Å². The van der Waals surface area contributed by atoms with Crippen LogP contribution in [0.25, 0.3) is 5.69 Å². The molecular weight excluding hydrogens is 304 g/mol. The van der Waals surface area contributed by atoms with Crippen LogP contribution in [0.5, 0.6) is 0 Å². The second-order valence-corrected chi connectivity index (χ2v) is 6.64. The molecule has 0 fully saturated rings. The number of quaternary nitrogens is 1. The van der Waals surface area contributed by atoms with Crippen molar-refractivity contribution in [2.75, 3.05) is 12.0 Å². The zero-order valence-corrected chi connectivity index (χ0v) is 14.7. The molecule has 128 valence electrons. The Kier molecular flexibility index (Phi) is 4.32. The lowest BCUT2D eigenvalue weighted by Crippen LogP contribution is -3.16. The van der Waals surface area contributed by atoms with E-state index < -0.39 is 5.69 Å². The number of aromatic amines is 1. The van der Waals surface area contributed by atoms with Gasteiger partial charge in [-0.25, -0.2) is 9.36 Å². The van der Waals surface area contributed by atoms with Crippen molar-refractivity contribution in [1.82, 2.24) is 9.55 Å². The highest BCUT2D eigenvalue weighted by Crippen LogP contribution is 2.21. The second-order valence-electron chi connectivity index (χ2n) is 6.64. The van der Waals surface area contributed by atoms with Crippen LogP contribution in [0, 0.1) is 13.8 Å². The molecule has 1 aliphatic rings. The molecule has 0 radical (unpaired) electrons. The number of aromatic nitrogens is 2. The molecule has 1 aliphatic heterocycles. The fraction of sp³-hybridized carbons (Fsp3) is 0.444. The predicted molar refractivity (Wildman–Crippen MR) is 95.0 cm³/mol. The third-order valence-electron chi connectivity index (χ3n) is 5.22. The number of fused-ring (bicyclic) bond motifs is 1. The standard InChI is InChI=1S/C18H24N4O2/c1-5-12(3)21-9-14-16(19-10-21)22(18(24)20-17(14)23)15-8-6-7-11(2)13(15)4/h6-8,12,19H,5,9-10H2,1-4H3,(H,20,23,24)/p+1/t12-/m1/s1.